The zero-order chi connectivity index (χ0) is 14.0. The number of anilines is 1. The Morgan fingerprint density at radius 2 is 2.11 bits per heavy atom. The molecule has 2 rings (SSSR count). The standard InChI is InChI=1S/C12H11Br2N3O2/c1-17-11(19-2)6-10(16-17)15-12(18)8-5-7(13)3-4-9(8)14/h3-6H,1-2H3,(H,15,16,18). The summed E-state index contributed by atoms with van der Waals surface area (Å²) in [6.07, 6.45) is 0. The molecular formula is C12H11Br2N3O2. The minimum atomic E-state index is -0.242. The zero-order valence-corrected chi connectivity index (χ0v) is 13.4. The van der Waals surface area contributed by atoms with Crippen molar-refractivity contribution < 1.29 is 9.53 Å². The van der Waals surface area contributed by atoms with Gasteiger partial charge in [0.1, 0.15) is 0 Å². The van der Waals surface area contributed by atoms with Gasteiger partial charge in [-0.1, -0.05) is 15.9 Å². The van der Waals surface area contributed by atoms with E-state index < -0.39 is 0 Å². The minimum Gasteiger partial charge on any atom is -0.481 e. The van der Waals surface area contributed by atoms with E-state index in [1.807, 2.05) is 6.07 Å². The predicted octanol–water partition coefficient (Wildman–Crippen LogP) is 3.21. The zero-order valence-electron chi connectivity index (χ0n) is 10.3. The molecule has 0 unspecified atom stereocenters. The van der Waals surface area contributed by atoms with E-state index in [1.54, 1.807) is 37.0 Å². The average molecular weight is 389 g/mol. The molecule has 1 aromatic carbocycles. The lowest BCUT2D eigenvalue weighted by Crippen LogP contribution is -2.13. The van der Waals surface area contributed by atoms with Crippen molar-refractivity contribution in [2.75, 3.05) is 12.4 Å². The second-order valence-electron chi connectivity index (χ2n) is 3.77. The van der Waals surface area contributed by atoms with Gasteiger partial charge in [0.2, 0.25) is 5.88 Å². The van der Waals surface area contributed by atoms with E-state index in [-0.39, 0.29) is 5.91 Å². The van der Waals surface area contributed by atoms with Crippen molar-refractivity contribution >= 4 is 43.6 Å². The van der Waals surface area contributed by atoms with Gasteiger partial charge in [0.25, 0.3) is 5.91 Å². The van der Waals surface area contributed by atoms with Gasteiger partial charge in [-0.3, -0.25) is 4.79 Å². The van der Waals surface area contributed by atoms with Crippen molar-refractivity contribution in [3.05, 3.63) is 38.8 Å². The first-order chi connectivity index (χ1) is 9.01. The highest BCUT2D eigenvalue weighted by molar-refractivity contribution is 9.11. The number of carbonyl (C=O) groups is 1. The topological polar surface area (TPSA) is 56.1 Å². The molecule has 0 spiro atoms. The van der Waals surface area contributed by atoms with Gasteiger partial charge in [0.15, 0.2) is 5.82 Å². The maximum absolute atomic E-state index is 12.1. The molecule has 0 radical (unpaired) electrons. The molecule has 0 aliphatic carbocycles. The number of aromatic nitrogens is 2. The Morgan fingerprint density at radius 3 is 2.74 bits per heavy atom. The highest BCUT2D eigenvalue weighted by atomic mass is 79.9. The van der Waals surface area contributed by atoms with Gasteiger partial charge in [-0.25, -0.2) is 4.68 Å². The quantitative estimate of drug-likeness (QED) is 0.878. The van der Waals surface area contributed by atoms with Gasteiger partial charge in [0.05, 0.1) is 12.7 Å². The molecule has 5 nitrogen and oxygen atoms in total. The van der Waals surface area contributed by atoms with Crippen molar-refractivity contribution in [2.24, 2.45) is 7.05 Å². The second-order valence-corrected chi connectivity index (χ2v) is 5.54. The largest absolute Gasteiger partial charge is 0.481 e. The SMILES string of the molecule is COc1cc(NC(=O)c2cc(Br)ccc2Br)nn1C. The summed E-state index contributed by atoms with van der Waals surface area (Å²) in [5.41, 5.74) is 0.527. The highest BCUT2D eigenvalue weighted by Crippen LogP contribution is 2.23. The van der Waals surface area contributed by atoms with Crippen molar-refractivity contribution in [3.63, 3.8) is 0 Å². The van der Waals surface area contributed by atoms with Gasteiger partial charge in [0, 0.05) is 22.1 Å². The number of rotatable bonds is 3. The number of hydrogen-bond donors (Lipinski definition) is 1. The minimum absolute atomic E-state index is 0.242. The molecule has 19 heavy (non-hydrogen) atoms. The lowest BCUT2D eigenvalue weighted by Gasteiger charge is -2.04. The van der Waals surface area contributed by atoms with Crippen LogP contribution in [0, 0.1) is 0 Å². The van der Waals surface area contributed by atoms with Gasteiger partial charge in [-0.2, -0.15) is 5.10 Å². The number of benzene rings is 1. The van der Waals surface area contributed by atoms with Crippen LogP contribution in [-0.2, 0) is 7.05 Å². The van der Waals surface area contributed by atoms with Crippen molar-refractivity contribution in [3.8, 4) is 5.88 Å². The summed E-state index contributed by atoms with van der Waals surface area (Å²) in [5, 5.41) is 6.85. The summed E-state index contributed by atoms with van der Waals surface area (Å²) in [6, 6.07) is 7.05. The van der Waals surface area contributed by atoms with Crippen molar-refractivity contribution in [1.29, 1.82) is 0 Å². The first-order valence-corrected chi connectivity index (χ1v) is 6.94. The van der Waals surface area contributed by atoms with E-state index in [2.05, 4.69) is 42.3 Å². The average Bonchev–Trinajstić information content (AvgIpc) is 2.72. The summed E-state index contributed by atoms with van der Waals surface area (Å²) < 4.78 is 8.19. The molecule has 0 saturated heterocycles. The number of halogens is 2. The molecule has 0 atom stereocenters. The lowest BCUT2D eigenvalue weighted by atomic mass is 10.2. The van der Waals surface area contributed by atoms with E-state index in [9.17, 15) is 4.79 Å². The number of nitrogens with one attached hydrogen (secondary N) is 1. The summed E-state index contributed by atoms with van der Waals surface area (Å²) >= 11 is 6.68. The number of hydrogen-bond acceptors (Lipinski definition) is 3. The normalized spacial score (nSPS) is 10.3. The van der Waals surface area contributed by atoms with Crippen LogP contribution in [0.3, 0.4) is 0 Å². The van der Waals surface area contributed by atoms with Crippen LogP contribution in [0.1, 0.15) is 10.4 Å². The number of carbonyl (C=O) groups excluding carboxylic acids is 1. The lowest BCUT2D eigenvalue weighted by molar-refractivity contribution is 0.102. The van der Waals surface area contributed by atoms with Crippen LogP contribution in [0.25, 0.3) is 0 Å². The Bertz CT molecular complexity index is 625. The van der Waals surface area contributed by atoms with Gasteiger partial charge < -0.3 is 10.1 Å². The predicted molar refractivity (Wildman–Crippen MR) is 79.6 cm³/mol. The smallest absolute Gasteiger partial charge is 0.258 e. The number of amides is 1. The van der Waals surface area contributed by atoms with Crippen LogP contribution in [0.4, 0.5) is 5.82 Å². The summed E-state index contributed by atoms with van der Waals surface area (Å²) in [4.78, 5) is 12.1. The van der Waals surface area contributed by atoms with Crippen molar-refractivity contribution in [2.45, 2.75) is 0 Å². The molecule has 2 aromatic rings. The number of aryl methyl sites for hydroxylation is 1. The van der Waals surface area contributed by atoms with E-state index in [0.717, 1.165) is 8.95 Å². The fourth-order valence-corrected chi connectivity index (χ4v) is 2.35. The molecule has 1 amide bonds. The molecule has 1 aromatic heterocycles. The number of ether oxygens (including phenoxy) is 1. The van der Waals surface area contributed by atoms with Crippen LogP contribution < -0.4 is 10.1 Å². The molecule has 0 aliphatic heterocycles. The first kappa shape index (κ1) is 14.1. The van der Waals surface area contributed by atoms with Gasteiger partial charge in [-0.05, 0) is 34.1 Å². The van der Waals surface area contributed by atoms with Gasteiger partial charge >= 0.3 is 0 Å². The fourth-order valence-electron chi connectivity index (χ4n) is 1.56. The molecule has 1 heterocycles. The Kier molecular flexibility index (Phi) is 4.26. The van der Waals surface area contributed by atoms with Crippen LogP contribution in [0.5, 0.6) is 5.88 Å². The van der Waals surface area contributed by atoms with E-state index in [1.165, 1.54) is 0 Å². The maximum Gasteiger partial charge on any atom is 0.258 e. The summed E-state index contributed by atoms with van der Waals surface area (Å²) in [5.74, 6) is 0.772. The van der Waals surface area contributed by atoms with Crippen LogP contribution >= 0.6 is 31.9 Å². The van der Waals surface area contributed by atoms with E-state index in [0.29, 0.717) is 17.3 Å². The maximum atomic E-state index is 12.1. The first-order valence-electron chi connectivity index (χ1n) is 5.35. The molecule has 0 saturated carbocycles. The third-order valence-electron chi connectivity index (χ3n) is 2.46. The van der Waals surface area contributed by atoms with Gasteiger partial charge in [-0.15, -0.1) is 0 Å². The Hall–Kier alpha value is -1.34. The molecule has 100 valence electrons. The second kappa shape index (κ2) is 5.75. The Morgan fingerprint density at radius 1 is 1.37 bits per heavy atom. The summed E-state index contributed by atoms with van der Waals surface area (Å²) in [7, 11) is 3.29. The Labute approximate surface area is 127 Å². The molecule has 0 fully saturated rings. The number of nitrogens with zero attached hydrogens (tertiary/aromatic N) is 2. The van der Waals surface area contributed by atoms with E-state index >= 15 is 0 Å². The Balaban J connectivity index is 2.22. The highest BCUT2D eigenvalue weighted by Gasteiger charge is 2.13. The molecule has 1 N–H and O–H groups in total. The molecular weight excluding hydrogens is 378 g/mol. The van der Waals surface area contributed by atoms with Crippen molar-refractivity contribution in [1.82, 2.24) is 9.78 Å². The fraction of sp³-hybridized carbons (Fsp3) is 0.167. The summed E-state index contributed by atoms with van der Waals surface area (Å²) in [6.45, 7) is 0. The third-order valence-corrected chi connectivity index (χ3v) is 3.65. The van der Waals surface area contributed by atoms with E-state index in [4.69, 9.17) is 4.74 Å². The molecule has 0 bridgehead atoms. The van der Waals surface area contributed by atoms with Crippen LogP contribution in [0.15, 0.2) is 33.2 Å². The van der Waals surface area contributed by atoms with Crippen LogP contribution in [-0.4, -0.2) is 22.8 Å². The monoisotopic (exact) mass is 387 g/mol. The molecule has 7 heteroatoms. The molecule has 0 aliphatic rings. The number of methoxy groups -OCH3 is 1. The third kappa shape index (κ3) is 3.16. The van der Waals surface area contributed by atoms with Crippen LogP contribution in [0.2, 0.25) is 0 Å².